The molecule has 1 atom stereocenters. The molecule has 2 heterocycles. The summed E-state index contributed by atoms with van der Waals surface area (Å²) in [6.07, 6.45) is 3.98. The molecule has 4 N–H and O–H groups in total. The number of hydrogen-bond acceptors (Lipinski definition) is 6. The Labute approximate surface area is 175 Å². The molecule has 1 aromatic carbocycles. The van der Waals surface area contributed by atoms with E-state index in [1.165, 1.54) is 0 Å². The van der Waals surface area contributed by atoms with Gasteiger partial charge >= 0.3 is 0 Å². The van der Waals surface area contributed by atoms with Crippen LogP contribution in [0.15, 0.2) is 47.3 Å². The third-order valence-electron chi connectivity index (χ3n) is 5.81. The van der Waals surface area contributed by atoms with Crippen molar-refractivity contribution in [2.75, 3.05) is 10.6 Å². The standard InChI is InChI=1S/C23H27N5O2/c1-12-6-8-18(29)14(3)21(12)25-20-10-17-16(11-24-20)23(27-28(17)5)26-22-13(2)7-9-19(30)15(22)4/h6-8,10-11,19,29-30H,9H2,1-5H3,(H,24,25)(H,26,27). The summed E-state index contributed by atoms with van der Waals surface area (Å²) in [6.45, 7) is 7.83. The summed E-state index contributed by atoms with van der Waals surface area (Å²) in [5.41, 5.74) is 6.49. The highest BCUT2D eigenvalue weighted by Crippen LogP contribution is 2.33. The monoisotopic (exact) mass is 405 g/mol. The number of benzene rings is 1. The minimum absolute atomic E-state index is 0.248. The van der Waals surface area contributed by atoms with Crippen LogP contribution < -0.4 is 10.6 Å². The van der Waals surface area contributed by atoms with Crippen molar-refractivity contribution in [3.63, 3.8) is 0 Å². The fraction of sp³-hybridized carbons (Fsp3) is 0.304. The fourth-order valence-electron chi connectivity index (χ4n) is 3.83. The van der Waals surface area contributed by atoms with Crippen molar-refractivity contribution in [2.24, 2.45) is 7.05 Å². The van der Waals surface area contributed by atoms with E-state index in [9.17, 15) is 10.2 Å². The van der Waals surface area contributed by atoms with Gasteiger partial charge in [-0.3, -0.25) is 4.68 Å². The maximum absolute atomic E-state index is 10.2. The molecular weight excluding hydrogens is 378 g/mol. The number of nitrogens with zero attached hydrogens (tertiary/aromatic N) is 3. The molecule has 0 aliphatic heterocycles. The zero-order chi connectivity index (χ0) is 21.6. The predicted molar refractivity (Wildman–Crippen MR) is 120 cm³/mol. The number of anilines is 3. The summed E-state index contributed by atoms with van der Waals surface area (Å²) < 4.78 is 1.81. The highest BCUT2D eigenvalue weighted by molar-refractivity contribution is 5.92. The number of rotatable bonds is 4. The van der Waals surface area contributed by atoms with Gasteiger partial charge in [0, 0.05) is 36.3 Å². The Balaban J connectivity index is 1.70. The van der Waals surface area contributed by atoms with Crippen molar-refractivity contribution in [3.05, 3.63) is 58.4 Å². The van der Waals surface area contributed by atoms with Crippen molar-refractivity contribution in [2.45, 2.75) is 40.2 Å². The second-order valence-electron chi connectivity index (χ2n) is 7.91. The summed E-state index contributed by atoms with van der Waals surface area (Å²) in [4.78, 5) is 4.57. The number of aliphatic hydroxyl groups is 1. The first-order chi connectivity index (χ1) is 14.3. The van der Waals surface area contributed by atoms with Crippen molar-refractivity contribution in [1.29, 1.82) is 0 Å². The lowest BCUT2D eigenvalue weighted by Crippen LogP contribution is -2.18. The molecule has 0 saturated carbocycles. The minimum Gasteiger partial charge on any atom is -0.508 e. The first-order valence-electron chi connectivity index (χ1n) is 9.98. The fourth-order valence-corrected chi connectivity index (χ4v) is 3.83. The number of aliphatic hydroxyl groups excluding tert-OH is 1. The van der Waals surface area contributed by atoms with Crippen LogP contribution in [0.4, 0.5) is 17.3 Å². The number of aryl methyl sites for hydroxylation is 2. The van der Waals surface area contributed by atoms with Gasteiger partial charge in [0.15, 0.2) is 5.82 Å². The van der Waals surface area contributed by atoms with Gasteiger partial charge in [-0.1, -0.05) is 12.1 Å². The largest absolute Gasteiger partial charge is 0.508 e. The number of hydrogen-bond donors (Lipinski definition) is 4. The maximum Gasteiger partial charge on any atom is 0.161 e. The smallest absolute Gasteiger partial charge is 0.161 e. The summed E-state index contributed by atoms with van der Waals surface area (Å²) in [5, 5.41) is 32.5. The van der Waals surface area contributed by atoms with Gasteiger partial charge in [0.2, 0.25) is 0 Å². The summed E-state index contributed by atoms with van der Waals surface area (Å²) in [6, 6.07) is 5.51. The Kier molecular flexibility index (Phi) is 4.99. The Morgan fingerprint density at radius 2 is 1.90 bits per heavy atom. The molecule has 0 bridgehead atoms. The maximum atomic E-state index is 10.2. The van der Waals surface area contributed by atoms with Crippen molar-refractivity contribution < 1.29 is 10.2 Å². The van der Waals surface area contributed by atoms with E-state index in [1.54, 1.807) is 16.9 Å². The van der Waals surface area contributed by atoms with Crippen LogP contribution in [0.5, 0.6) is 5.75 Å². The molecule has 0 saturated heterocycles. The van der Waals surface area contributed by atoms with E-state index >= 15 is 0 Å². The van der Waals surface area contributed by atoms with Crippen LogP contribution in [0.1, 0.15) is 31.4 Å². The molecule has 7 heteroatoms. The molecule has 156 valence electrons. The molecular formula is C23H27N5O2. The Bertz CT molecular complexity index is 1210. The molecule has 1 aliphatic rings. The van der Waals surface area contributed by atoms with Gasteiger partial charge < -0.3 is 20.8 Å². The number of allylic oxidation sites excluding steroid dienone is 1. The molecule has 1 aliphatic carbocycles. The first-order valence-corrected chi connectivity index (χ1v) is 9.98. The van der Waals surface area contributed by atoms with Crippen molar-refractivity contribution in [3.8, 4) is 5.75 Å². The van der Waals surface area contributed by atoms with E-state index in [4.69, 9.17) is 0 Å². The lowest BCUT2D eigenvalue weighted by atomic mass is 9.95. The number of pyridine rings is 1. The second kappa shape index (κ2) is 7.50. The topological polar surface area (TPSA) is 95.2 Å². The average molecular weight is 406 g/mol. The number of nitrogens with one attached hydrogen (secondary N) is 2. The number of fused-ring (bicyclic) bond motifs is 1. The van der Waals surface area contributed by atoms with Crippen LogP contribution in [0.25, 0.3) is 10.9 Å². The van der Waals surface area contributed by atoms with E-state index in [-0.39, 0.29) is 5.75 Å². The van der Waals surface area contributed by atoms with E-state index < -0.39 is 6.10 Å². The molecule has 0 spiro atoms. The molecule has 0 fully saturated rings. The number of phenols is 1. The number of aromatic nitrogens is 3. The quantitative estimate of drug-likeness (QED) is 0.513. The SMILES string of the molecule is CC1=CCC(O)C(C)=C1Nc1nn(C)c2cc(Nc3c(C)ccc(O)c3C)ncc12. The van der Waals surface area contributed by atoms with Crippen LogP contribution in [0.3, 0.4) is 0 Å². The van der Waals surface area contributed by atoms with Gasteiger partial charge in [0.05, 0.1) is 17.0 Å². The van der Waals surface area contributed by atoms with Crippen molar-refractivity contribution in [1.82, 2.24) is 14.8 Å². The van der Waals surface area contributed by atoms with Gasteiger partial charge in [0.1, 0.15) is 11.6 Å². The Morgan fingerprint density at radius 3 is 2.67 bits per heavy atom. The molecule has 7 nitrogen and oxygen atoms in total. The third kappa shape index (κ3) is 3.41. The zero-order valence-electron chi connectivity index (χ0n) is 17.9. The van der Waals surface area contributed by atoms with Gasteiger partial charge in [-0.15, -0.1) is 0 Å². The van der Waals surface area contributed by atoms with E-state index in [1.807, 2.05) is 53.0 Å². The third-order valence-corrected chi connectivity index (χ3v) is 5.81. The molecule has 0 radical (unpaired) electrons. The Hall–Kier alpha value is -3.32. The minimum atomic E-state index is -0.478. The van der Waals surface area contributed by atoms with Gasteiger partial charge in [0.25, 0.3) is 0 Å². The number of phenolic OH excluding ortho intramolecular Hbond substituents is 1. The highest BCUT2D eigenvalue weighted by Gasteiger charge is 2.20. The van der Waals surface area contributed by atoms with Gasteiger partial charge in [-0.25, -0.2) is 4.98 Å². The van der Waals surface area contributed by atoms with E-state index in [0.29, 0.717) is 18.1 Å². The predicted octanol–water partition coefficient (Wildman–Crippen LogP) is 4.43. The first kappa shape index (κ1) is 20.0. The van der Waals surface area contributed by atoms with Gasteiger partial charge in [-0.2, -0.15) is 5.10 Å². The van der Waals surface area contributed by atoms with Crippen LogP contribution in [-0.4, -0.2) is 31.1 Å². The highest BCUT2D eigenvalue weighted by atomic mass is 16.3. The molecule has 1 unspecified atom stereocenters. The van der Waals surface area contributed by atoms with Crippen LogP contribution >= 0.6 is 0 Å². The molecule has 2 aromatic heterocycles. The molecule has 30 heavy (non-hydrogen) atoms. The Morgan fingerprint density at radius 1 is 1.13 bits per heavy atom. The average Bonchev–Trinajstić information content (AvgIpc) is 3.03. The summed E-state index contributed by atoms with van der Waals surface area (Å²) in [5.74, 6) is 1.62. The molecule has 0 amide bonds. The lowest BCUT2D eigenvalue weighted by Gasteiger charge is -2.22. The molecule has 4 rings (SSSR count). The van der Waals surface area contributed by atoms with Gasteiger partial charge in [-0.05, 0) is 56.9 Å². The van der Waals surface area contributed by atoms with Crippen LogP contribution in [0, 0.1) is 13.8 Å². The normalized spacial score (nSPS) is 16.7. The van der Waals surface area contributed by atoms with E-state index in [2.05, 4.69) is 20.7 Å². The van der Waals surface area contributed by atoms with Crippen LogP contribution in [0.2, 0.25) is 0 Å². The summed E-state index contributed by atoms with van der Waals surface area (Å²) >= 11 is 0. The van der Waals surface area contributed by atoms with Crippen LogP contribution in [-0.2, 0) is 7.05 Å². The van der Waals surface area contributed by atoms with Crippen molar-refractivity contribution >= 4 is 28.2 Å². The second-order valence-corrected chi connectivity index (χ2v) is 7.91. The lowest BCUT2D eigenvalue weighted by molar-refractivity contribution is 0.211. The number of aromatic hydroxyl groups is 1. The summed E-state index contributed by atoms with van der Waals surface area (Å²) in [7, 11) is 1.89. The van der Waals surface area contributed by atoms with E-state index in [0.717, 1.165) is 44.6 Å². The molecule has 3 aromatic rings. The zero-order valence-corrected chi connectivity index (χ0v) is 17.9.